The van der Waals surface area contributed by atoms with Crippen molar-refractivity contribution in [2.45, 2.75) is 37.8 Å². The fraction of sp³-hybridized carbons (Fsp3) is 1.00. The molecule has 2 aliphatic rings. The van der Waals surface area contributed by atoms with E-state index in [1.165, 1.54) is 50.3 Å². The molecular formula is C10H20N2S. The lowest BCUT2D eigenvalue weighted by atomic mass is 10.0. The standard InChI is InChI=1S/C10H20N2S/c11-9-3-5-12(6-4-9)10-2-1-7-13-8-10/h9-10H,1-8,11H2. The van der Waals surface area contributed by atoms with Gasteiger partial charge >= 0.3 is 0 Å². The Morgan fingerprint density at radius 3 is 2.54 bits per heavy atom. The smallest absolute Gasteiger partial charge is 0.0186 e. The second kappa shape index (κ2) is 4.67. The lowest BCUT2D eigenvalue weighted by Gasteiger charge is -2.38. The Balaban J connectivity index is 1.79. The number of nitrogens with zero attached hydrogens (tertiary/aromatic N) is 1. The predicted molar refractivity (Wildman–Crippen MR) is 59.1 cm³/mol. The number of likely N-dealkylation sites (tertiary alicyclic amines) is 1. The molecule has 0 aliphatic carbocycles. The van der Waals surface area contributed by atoms with Gasteiger partial charge in [0.1, 0.15) is 0 Å². The molecule has 1 unspecified atom stereocenters. The third kappa shape index (κ3) is 2.61. The van der Waals surface area contributed by atoms with Gasteiger partial charge in [-0.05, 0) is 44.5 Å². The molecule has 2 saturated heterocycles. The molecule has 2 nitrogen and oxygen atoms in total. The van der Waals surface area contributed by atoms with Crippen LogP contribution in [-0.2, 0) is 0 Å². The van der Waals surface area contributed by atoms with E-state index in [1.54, 1.807) is 0 Å². The Kier molecular flexibility index (Phi) is 3.52. The van der Waals surface area contributed by atoms with Gasteiger partial charge in [0.25, 0.3) is 0 Å². The molecule has 2 rings (SSSR count). The van der Waals surface area contributed by atoms with Crippen LogP contribution in [-0.4, -0.2) is 41.6 Å². The van der Waals surface area contributed by atoms with Gasteiger partial charge in [-0.2, -0.15) is 11.8 Å². The molecule has 0 aromatic carbocycles. The zero-order valence-corrected chi connectivity index (χ0v) is 9.06. The second-order valence-electron chi connectivity index (χ2n) is 4.24. The summed E-state index contributed by atoms with van der Waals surface area (Å²) in [5.74, 6) is 2.74. The minimum Gasteiger partial charge on any atom is -0.328 e. The number of hydrogen-bond donors (Lipinski definition) is 1. The lowest BCUT2D eigenvalue weighted by Crippen LogP contribution is -2.46. The number of piperidine rings is 1. The normalized spacial score (nSPS) is 33.5. The molecule has 76 valence electrons. The summed E-state index contributed by atoms with van der Waals surface area (Å²) in [4.78, 5) is 2.66. The van der Waals surface area contributed by atoms with Crippen LogP contribution in [0.25, 0.3) is 0 Å². The first-order valence-corrected chi connectivity index (χ1v) is 6.59. The van der Waals surface area contributed by atoms with Crippen molar-refractivity contribution in [1.82, 2.24) is 4.90 Å². The third-order valence-electron chi connectivity index (χ3n) is 3.23. The predicted octanol–water partition coefficient (Wildman–Crippen LogP) is 1.31. The summed E-state index contributed by atoms with van der Waals surface area (Å²) in [6, 6.07) is 1.35. The van der Waals surface area contributed by atoms with Crippen LogP contribution < -0.4 is 5.73 Å². The van der Waals surface area contributed by atoms with Crippen LogP contribution in [0.1, 0.15) is 25.7 Å². The Morgan fingerprint density at radius 2 is 1.92 bits per heavy atom. The van der Waals surface area contributed by atoms with Gasteiger partial charge in [0, 0.05) is 17.8 Å². The van der Waals surface area contributed by atoms with E-state index in [1.807, 2.05) is 0 Å². The molecule has 0 bridgehead atoms. The summed E-state index contributed by atoms with van der Waals surface area (Å²) < 4.78 is 0. The van der Waals surface area contributed by atoms with Crippen LogP contribution in [0.4, 0.5) is 0 Å². The van der Waals surface area contributed by atoms with E-state index < -0.39 is 0 Å². The summed E-state index contributed by atoms with van der Waals surface area (Å²) >= 11 is 2.12. The van der Waals surface area contributed by atoms with Gasteiger partial charge in [0.15, 0.2) is 0 Å². The van der Waals surface area contributed by atoms with Gasteiger partial charge in [0.05, 0.1) is 0 Å². The van der Waals surface area contributed by atoms with Gasteiger partial charge in [-0.15, -0.1) is 0 Å². The van der Waals surface area contributed by atoms with Crippen molar-refractivity contribution >= 4 is 11.8 Å². The molecule has 0 spiro atoms. The Bertz CT molecular complexity index is 149. The van der Waals surface area contributed by atoms with Crippen LogP contribution in [0, 0.1) is 0 Å². The van der Waals surface area contributed by atoms with Crippen molar-refractivity contribution in [2.24, 2.45) is 5.73 Å². The van der Waals surface area contributed by atoms with Gasteiger partial charge < -0.3 is 5.73 Å². The summed E-state index contributed by atoms with van der Waals surface area (Å²) in [6.45, 7) is 2.48. The molecule has 1 atom stereocenters. The average molecular weight is 200 g/mol. The van der Waals surface area contributed by atoms with Crippen molar-refractivity contribution in [1.29, 1.82) is 0 Å². The topological polar surface area (TPSA) is 29.3 Å². The minimum atomic E-state index is 0.479. The van der Waals surface area contributed by atoms with E-state index in [0.717, 1.165) is 6.04 Å². The number of nitrogens with two attached hydrogens (primary N) is 1. The number of hydrogen-bond acceptors (Lipinski definition) is 3. The maximum Gasteiger partial charge on any atom is 0.0186 e. The molecule has 0 aromatic rings. The molecule has 0 radical (unpaired) electrons. The van der Waals surface area contributed by atoms with Gasteiger partial charge in [-0.3, -0.25) is 4.90 Å². The Morgan fingerprint density at radius 1 is 1.15 bits per heavy atom. The molecule has 13 heavy (non-hydrogen) atoms. The van der Waals surface area contributed by atoms with Gasteiger partial charge in [-0.25, -0.2) is 0 Å². The summed E-state index contributed by atoms with van der Waals surface area (Å²) in [5, 5.41) is 0. The highest BCUT2D eigenvalue weighted by atomic mass is 32.2. The van der Waals surface area contributed by atoms with E-state index in [9.17, 15) is 0 Å². The maximum atomic E-state index is 5.89. The van der Waals surface area contributed by atoms with Crippen molar-refractivity contribution in [3.8, 4) is 0 Å². The fourth-order valence-electron chi connectivity index (χ4n) is 2.30. The number of rotatable bonds is 1. The first kappa shape index (κ1) is 9.81. The highest BCUT2D eigenvalue weighted by Crippen LogP contribution is 2.23. The maximum absolute atomic E-state index is 5.89. The van der Waals surface area contributed by atoms with E-state index >= 15 is 0 Å². The Labute approximate surface area is 85.2 Å². The molecule has 2 aliphatic heterocycles. The molecule has 3 heteroatoms. The number of thioether (sulfide) groups is 1. The fourth-order valence-corrected chi connectivity index (χ4v) is 3.48. The van der Waals surface area contributed by atoms with Gasteiger partial charge in [0.2, 0.25) is 0 Å². The molecule has 0 saturated carbocycles. The monoisotopic (exact) mass is 200 g/mol. The van der Waals surface area contributed by atoms with Crippen LogP contribution in [0.3, 0.4) is 0 Å². The average Bonchev–Trinajstić information content (AvgIpc) is 2.20. The molecule has 2 heterocycles. The summed E-state index contributed by atoms with van der Waals surface area (Å²) in [6.07, 6.45) is 5.25. The zero-order valence-electron chi connectivity index (χ0n) is 8.24. The molecule has 2 N–H and O–H groups in total. The van der Waals surface area contributed by atoms with Crippen molar-refractivity contribution in [2.75, 3.05) is 24.6 Å². The van der Waals surface area contributed by atoms with E-state index in [4.69, 9.17) is 5.73 Å². The zero-order chi connectivity index (χ0) is 9.10. The molecule has 0 amide bonds. The highest BCUT2D eigenvalue weighted by Gasteiger charge is 2.24. The largest absolute Gasteiger partial charge is 0.328 e. The van der Waals surface area contributed by atoms with Crippen molar-refractivity contribution in [3.05, 3.63) is 0 Å². The lowest BCUT2D eigenvalue weighted by molar-refractivity contribution is 0.156. The van der Waals surface area contributed by atoms with Crippen molar-refractivity contribution < 1.29 is 0 Å². The van der Waals surface area contributed by atoms with E-state index in [0.29, 0.717) is 6.04 Å². The van der Waals surface area contributed by atoms with Crippen molar-refractivity contribution in [3.63, 3.8) is 0 Å². The first-order chi connectivity index (χ1) is 6.36. The molecule has 2 fully saturated rings. The second-order valence-corrected chi connectivity index (χ2v) is 5.39. The Hall–Kier alpha value is 0.270. The quantitative estimate of drug-likeness (QED) is 0.692. The van der Waals surface area contributed by atoms with E-state index in [2.05, 4.69) is 16.7 Å². The summed E-state index contributed by atoms with van der Waals surface area (Å²) in [7, 11) is 0. The van der Waals surface area contributed by atoms with Crippen LogP contribution >= 0.6 is 11.8 Å². The van der Waals surface area contributed by atoms with Crippen LogP contribution in [0.15, 0.2) is 0 Å². The highest BCUT2D eigenvalue weighted by molar-refractivity contribution is 7.99. The molecule has 0 aromatic heterocycles. The molecular weight excluding hydrogens is 180 g/mol. The first-order valence-electron chi connectivity index (χ1n) is 5.43. The van der Waals surface area contributed by atoms with Gasteiger partial charge in [-0.1, -0.05) is 0 Å². The minimum absolute atomic E-state index is 0.479. The third-order valence-corrected chi connectivity index (χ3v) is 4.42. The van der Waals surface area contributed by atoms with E-state index in [-0.39, 0.29) is 0 Å². The van der Waals surface area contributed by atoms with Crippen LogP contribution in [0.2, 0.25) is 0 Å². The summed E-state index contributed by atoms with van der Waals surface area (Å²) in [5.41, 5.74) is 5.89. The SMILES string of the molecule is NC1CCN(C2CCCSC2)CC1. The van der Waals surface area contributed by atoms with Crippen LogP contribution in [0.5, 0.6) is 0 Å².